The van der Waals surface area contributed by atoms with Crippen LogP contribution in [0.25, 0.3) is 0 Å². The normalized spacial score (nSPS) is 12.1. The van der Waals surface area contributed by atoms with Gasteiger partial charge >= 0.3 is 5.97 Å². The summed E-state index contributed by atoms with van der Waals surface area (Å²) in [5, 5.41) is 19.3. The van der Waals surface area contributed by atoms with E-state index in [9.17, 15) is 9.59 Å². The number of carbonyl (C=O) groups excluding carboxylic acids is 1. The molecule has 1 unspecified atom stereocenters. The zero-order chi connectivity index (χ0) is 14.0. The molecule has 8 heteroatoms. The van der Waals surface area contributed by atoms with E-state index in [-0.39, 0.29) is 11.5 Å². The molecule has 8 nitrogen and oxygen atoms in total. The lowest BCUT2D eigenvalue weighted by Crippen LogP contribution is -2.16. The number of rotatable bonds is 4. The number of aromatic nitrogens is 4. The molecule has 0 aromatic carbocycles. The Kier molecular flexibility index (Phi) is 3.32. The fourth-order valence-electron chi connectivity index (χ4n) is 1.47. The number of hydrogen-bond acceptors (Lipinski definition) is 4. The number of anilines is 1. The number of carbonyl (C=O) groups is 2. The summed E-state index contributed by atoms with van der Waals surface area (Å²) in [5.41, 5.74) is 0.850. The minimum absolute atomic E-state index is 0.289. The lowest BCUT2D eigenvalue weighted by Gasteiger charge is -2.05. The van der Waals surface area contributed by atoms with Gasteiger partial charge in [-0.15, -0.1) is 0 Å². The minimum Gasteiger partial charge on any atom is -0.480 e. The highest BCUT2D eigenvalue weighted by Gasteiger charge is 2.16. The molecule has 2 aromatic rings. The van der Waals surface area contributed by atoms with E-state index in [4.69, 9.17) is 5.11 Å². The van der Waals surface area contributed by atoms with E-state index >= 15 is 0 Å². The fourth-order valence-corrected chi connectivity index (χ4v) is 1.47. The predicted octanol–water partition coefficient (Wildman–Crippen LogP) is 0.514. The van der Waals surface area contributed by atoms with Crippen LogP contribution < -0.4 is 5.32 Å². The van der Waals surface area contributed by atoms with Gasteiger partial charge in [-0.3, -0.25) is 14.2 Å². The zero-order valence-corrected chi connectivity index (χ0v) is 10.4. The SMILES string of the molecule is CC(C(=O)O)n1cc(C(=O)Nc2cnn(C)c2)cn1. The van der Waals surface area contributed by atoms with Crippen LogP contribution in [0.3, 0.4) is 0 Å². The highest BCUT2D eigenvalue weighted by atomic mass is 16.4. The average Bonchev–Trinajstić information content (AvgIpc) is 2.97. The van der Waals surface area contributed by atoms with Crippen molar-refractivity contribution in [1.82, 2.24) is 19.6 Å². The average molecular weight is 263 g/mol. The van der Waals surface area contributed by atoms with Crippen molar-refractivity contribution in [2.45, 2.75) is 13.0 Å². The molecule has 0 radical (unpaired) electrons. The molecule has 2 heterocycles. The van der Waals surface area contributed by atoms with Crippen molar-refractivity contribution in [1.29, 1.82) is 0 Å². The third-order valence-electron chi connectivity index (χ3n) is 2.58. The van der Waals surface area contributed by atoms with Crippen LogP contribution in [-0.4, -0.2) is 36.5 Å². The molecule has 2 N–H and O–H groups in total. The lowest BCUT2D eigenvalue weighted by atomic mass is 10.3. The lowest BCUT2D eigenvalue weighted by molar-refractivity contribution is -0.140. The first kappa shape index (κ1) is 12.8. The van der Waals surface area contributed by atoms with Gasteiger partial charge in [-0.25, -0.2) is 4.79 Å². The fraction of sp³-hybridized carbons (Fsp3) is 0.273. The van der Waals surface area contributed by atoms with Gasteiger partial charge in [0, 0.05) is 19.4 Å². The summed E-state index contributed by atoms with van der Waals surface area (Å²) >= 11 is 0. The van der Waals surface area contributed by atoms with Gasteiger partial charge < -0.3 is 10.4 Å². The van der Waals surface area contributed by atoms with Crippen LogP contribution in [0.4, 0.5) is 5.69 Å². The molecule has 0 fully saturated rings. The molecular formula is C11H13N5O3. The van der Waals surface area contributed by atoms with Gasteiger partial charge in [0.15, 0.2) is 0 Å². The first-order valence-corrected chi connectivity index (χ1v) is 5.54. The molecule has 19 heavy (non-hydrogen) atoms. The molecule has 0 aliphatic rings. The van der Waals surface area contributed by atoms with Crippen molar-refractivity contribution >= 4 is 17.6 Å². The van der Waals surface area contributed by atoms with Gasteiger partial charge in [0.05, 0.1) is 23.6 Å². The molecule has 0 aliphatic carbocycles. The molecular weight excluding hydrogens is 250 g/mol. The van der Waals surface area contributed by atoms with Crippen LogP contribution in [-0.2, 0) is 11.8 Å². The second-order valence-electron chi connectivity index (χ2n) is 4.08. The van der Waals surface area contributed by atoms with E-state index in [1.54, 1.807) is 17.9 Å². The van der Waals surface area contributed by atoms with Crippen LogP contribution in [0.15, 0.2) is 24.8 Å². The van der Waals surface area contributed by atoms with Crippen LogP contribution in [0.1, 0.15) is 23.3 Å². The Bertz CT molecular complexity index is 615. The third-order valence-corrected chi connectivity index (χ3v) is 2.58. The molecule has 0 aliphatic heterocycles. The Morgan fingerprint density at radius 3 is 2.63 bits per heavy atom. The first-order valence-electron chi connectivity index (χ1n) is 5.54. The number of aryl methyl sites for hydroxylation is 1. The van der Waals surface area contributed by atoms with Gasteiger partial charge in [0.25, 0.3) is 5.91 Å². The largest absolute Gasteiger partial charge is 0.480 e. The summed E-state index contributed by atoms with van der Waals surface area (Å²) in [6.07, 6.45) is 5.89. The Labute approximate surface area is 108 Å². The van der Waals surface area contributed by atoms with Crippen molar-refractivity contribution in [3.63, 3.8) is 0 Å². The molecule has 0 bridgehead atoms. The van der Waals surface area contributed by atoms with Gasteiger partial charge in [-0.1, -0.05) is 0 Å². The summed E-state index contributed by atoms with van der Waals surface area (Å²) in [4.78, 5) is 22.7. The molecule has 2 rings (SSSR count). The number of aliphatic carboxylic acids is 1. The molecule has 0 spiro atoms. The number of amides is 1. The minimum atomic E-state index is -1.01. The van der Waals surface area contributed by atoms with Gasteiger partial charge in [0.1, 0.15) is 6.04 Å². The summed E-state index contributed by atoms with van der Waals surface area (Å²) in [5.74, 6) is -1.38. The second kappa shape index (κ2) is 4.92. The number of nitrogens with one attached hydrogen (secondary N) is 1. The Morgan fingerprint density at radius 2 is 2.05 bits per heavy atom. The quantitative estimate of drug-likeness (QED) is 0.837. The number of hydrogen-bond donors (Lipinski definition) is 2. The Morgan fingerprint density at radius 1 is 1.32 bits per heavy atom. The van der Waals surface area contributed by atoms with Crippen molar-refractivity contribution < 1.29 is 14.7 Å². The van der Waals surface area contributed by atoms with Crippen LogP contribution in [0, 0.1) is 0 Å². The molecule has 0 saturated heterocycles. The first-order chi connectivity index (χ1) is 8.97. The van der Waals surface area contributed by atoms with Crippen molar-refractivity contribution in [2.24, 2.45) is 7.05 Å². The summed E-state index contributed by atoms with van der Waals surface area (Å²) in [7, 11) is 1.74. The van der Waals surface area contributed by atoms with E-state index in [1.807, 2.05) is 0 Å². The maximum absolute atomic E-state index is 11.9. The monoisotopic (exact) mass is 263 g/mol. The van der Waals surface area contributed by atoms with Crippen molar-refractivity contribution in [2.75, 3.05) is 5.32 Å². The Balaban J connectivity index is 2.10. The predicted molar refractivity (Wildman–Crippen MR) is 65.7 cm³/mol. The third kappa shape index (κ3) is 2.79. The molecule has 100 valence electrons. The highest BCUT2D eigenvalue weighted by Crippen LogP contribution is 2.10. The maximum Gasteiger partial charge on any atom is 0.328 e. The van der Waals surface area contributed by atoms with Crippen molar-refractivity contribution in [3.05, 3.63) is 30.4 Å². The number of carboxylic acid groups (broad SMARTS) is 1. The summed E-state index contributed by atoms with van der Waals surface area (Å²) in [6, 6.07) is -0.819. The number of carboxylic acids is 1. The smallest absolute Gasteiger partial charge is 0.328 e. The molecule has 2 aromatic heterocycles. The van der Waals surface area contributed by atoms with Crippen LogP contribution in [0.5, 0.6) is 0 Å². The van der Waals surface area contributed by atoms with E-state index in [1.165, 1.54) is 30.2 Å². The summed E-state index contributed by atoms with van der Waals surface area (Å²) < 4.78 is 2.78. The Hall–Kier alpha value is -2.64. The van der Waals surface area contributed by atoms with Gasteiger partial charge in [-0.05, 0) is 6.92 Å². The van der Waals surface area contributed by atoms with E-state index in [2.05, 4.69) is 15.5 Å². The second-order valence-corrected chi connectivity index (χ2v) is 4.08. The number of nitrogens with zero attached hydrogens (tertiary/aromatic N) is 4. The van der Waals surface area contributed by atoms with Crippen LogP contribution >= 0.6 is 0 Å². The molecule has 1 atom stereocenters. The van der Waals surface area contributed by atoms with Gasteiger partial charge in [-0.2, -0.15) is 10.2 Å². The highest BCUT2D eigenvalue weighted by molar-refractivity contribution is 6.03. The zero-order valence-electron chi connectivity index (χ0n) is 10.4. The standard InChI is InChI=1S/C11H13N5O3/c1-7(11(18)19)16-5-8(3-13-16)10(17)14-9-4-12-15(2)6-9/h3-7H,1-2H3,(H,14,17)(H,18,19). The van der Waals surface area contributed by atoms with Crippen LogP contribution in [0.2, 0.25) is 0 Å². The van der Waals surface area contributed by atoms with E-state index in [0.717, 1.165) is 0 Å². The molecule has 0 saturated carbocycles. The molecule has 1 amide bonds. The van der Waals surface area contributed by atoms with Crippen molar-refractivity contribution in [3.8, 4) is 0 Å². The van der Waals surface area contributed by atoms with E-state index < -0.39 is 12.0 Å². The van der Waals surface area contributed by atoms with Gasteiger partial charge in [0.2, 0.25) is 0 Å². The summed E-state index contributed by atoms with van der Waals surface area (Å²) in [6.45, 7) is 1.48. The topological polar surface area (TPSA) is 102 Å². The van der Waals surface area contributed by atoms with E-state index in [0.29, 0.717) is 5.69 Å². The maximum atomic E-state index is 11.9.